The molecule has 0 aliphatic carbocycles. The second-order valence-corrected chi connectivity index (χ2v) is 14.0. The van der Waals surface area contributed by atoms with Gasteiger partial charge in [-0.05, 0) is 90.6 Å². The van der Waals surface area contributed by atoms with E-state index in [-0.39, 0.29) is 18.3 Å². The van der Waals surface area contributed by atoms with Gasteiger partial charge in [0.25, 0.3) is 0 Å². The number of benzene rings is 3. The summed E-state index contributed by atoms with van der Waals surface area (Å²) in [4.78, 5) is 0. The molecule has 44 heavy (non-hydrogen) atoms. The third-order valence-electron chi connectivity index (χ3n) is 7.80. The Labute approximate surface area is 259 Å². The molecule has 3 aliphatic heterocycles. The summed E-state index contributed by atoms with van der Waals surface area (Å²) < 4.78 is 50.1. The molecule has 230 valence electrons. The fourth-order valence-electron chi connectivity index (χ4n) is 5.14. The summed E-state index contributed by atoms with van der Waals surface area (Å²) in [5.41, 5.74) is 2.76. The molecular formula is C36H39O7P. The average molecular weight is 615 g/mol. The maximum absolute atomic E-state index is 15.8. The number of hydrogen-bond acceptors (Lipinski definition) is 7. The van der Waals surface area contributed by atoms with Crippen molar-refractivity contribution in [3.05, 3.63) is 109 Å². The van der Waals surface area contributed by atoms with Gasteiger partial charge < -0.3 is 33.0 Å². The standard InChI is InChI=1S/C36H39O7P/c1-4-7-25-16-31(10-13-34(25)41-22-28-19-38-28)44(37,32-11-14-35(26(17-32)8-5-2)42-23-29-20-39-29)33-12-15-36(27(18-33)9-6-3)43-24-30-21-40-30/h4-6,10-18,28-30H,1-3,7-9,19-24H2. The van der Waals surface area contributed by atoms with Gasteiger partial charge in [-0.25, -0.2) is 0 Å². The summed E-state index contributed by atoms with van der Waals surface area (Å²) in [6.45, 7) is 15.4. The van der Waals surface area contributed by atoms with E-state index in [1.165, 1.54) is 0 Å². The Morgan fingerprint density at radius 3 is 1.14 bits per heavy atom. The maximum atomic E-state index is 15.8. The zero-order chi connectivity index (χ0) is 30.5. The van der Waals surface area contributed by atoms with Crippen LogP contribution >= 0.6 is 7.14 Å². The Bertz CT molecular complexity index is 1380. The molecule has 0 N–H and O–H groups in total. The lowest BCUT2D eigenvalue weighted by Gasteiger charge is -2.24. The van der Waals surface area contributed by atoms with Gasteiger partial charge in [0.2, 0.25) is 0 Å². The average Bonchev–Trinajstić information content (AvgIpc) is 3.87. The highest BCUT2D eigenvalue weighted by molar-refractivity contribution is 7.85. The first-order chi connectivity index (χ1) is 21.5. The molecule has 3 fully saturated rings. The highest BCUT2D eigenvalue weighted by atomic mass is 31.2. The van der Waals surface area contributed by atoms with Gasteiger partial charge in [-0.1, -0.05) is 18.2 Å². The van der Waals surface area contributed by atoms with Crippen LogP contribution in [0.25, 0.3) is 0 Å². The molecule has 0 saturated carbocycles. The van der Waals surface area contributed by atoms with Crippen molar-refractivity contribution in [1.29, 1.82) is 0 Å². The SMILES string of the molecule is C=CCc1cc(P(=O)(c2ccc(OCC3CO3)c(CC=C)c2)c2ccc(OCC3CO3)c(CC=C)c2)ccc1OCC1CO1. The quantitative estimate of drug-likeness (QED) is 0.115. The van der Waals surface area contributed by atoms with Crippen molar-refractivity contribution in [1.82, 2.24) is 0 Å². The maximum Gasteiger partial charge on any atom is 0.171 e. The van der Waals surface area contributed by atoms with Gasteiger partial charge in [0.05, 0.1) is 19.8 Å². The van der Waals surface area contributed by atoms with Crippen molar-refractivity contribution in [2.24, 2.45) is 0 Å². The van der Waals surface area contributed by atoms with Crippen molar-refractivity contribution in [3.63, 3.8) is 0 Å². The van der Waals surface area contributed by atoms with E-state index >= 15 is 4.57 Å². The van der Waals surface area contributed by atoms with Crippen LogP contribution in [0.3, 0.4) is 0 Å². The number of epoxide rings is 3. The van der Waals surface area contributed by atoms with Crippen molar-refractivity contribution < 1.29 is 33.0 Å². The van der Waals surface area contributed by atoms with Crippen LogP contribution in [0.1, 0.15) is 16.7 Å². The van der Waals surface area contributed by atoms with Crippen LogP contribution in [0, 0.1) is 0 Å². The third kappa shape index (κ3) is 7.19. The summed E-state index contributed by atoms with van der Waals surface area (Å²) >= 11 is 0. The Hall–Kier alpha value is -3.61. The van der Waals surface area contributed by atoms with Crippen LogP contribution in [0.2, 0.25) is 0 Å². The van der Waals surface area contributed by atoms with Crippen LogP contribution < -0.4 is 30.1 Å². The first-order valence-electron chi connectivity index (χ1n) is 15.1. The molecule has 0 bridgehead atoms. The molecule has 3 aliphatic rings. The lowest BCUT2D eigenvalue weighted by Crippen LogP contribution is -2.27. The Balaban J connectivity index is 1.44. The fraction of sp³-hybridized carbons (Fsp3) is 0.333. The van der Waals surface area contributed by atoms with Crippen LogP contribution in [-0.4, -0.2) is 58.0 Å². The highest BCUT2D eigenvalue weighted by Crippen LogP contribution is 2.45. The lowest BCUT2D eigenvalue weighted by atomic mass is 10.1. The zero-order valence-corrected chi connectivity index (χ0v) is 25.8. The number of hydrogen-bond donors (Lipinski definition) is 0. The normalized spacial score (nSPS) is 21.0. The summed E-state index contributed by atoms with van der Waals surface area (Å²) in [6.07, 6.45) is 7.61. The highest BCUT2D eigenvalue weighted by Gasteiger charge is 2.33. The van der Waals surface area contributed by atoms with Crippen molar-refractivity contribution in [3.8, 4) is 17.2 Å². The van der Waals surface area contributed by atoms with Crippen molar-refractivity contribution in [2.45, 2.75) is 37.6 Å². The zero-order valence-electron chi connectivity index (χ0n) is 25.0. The van der Waals surface area contributed by atoms with Gasteiger partial charge in [0.15, 0.2) is 7.14 Å². The van der Waals surface area contributed by atoms with E-state index < -0.39 is 7.14 Å². The summed E-state index contributed by atoms with van der Waals surface area (Å²) in [5, 5.41) is 2.12. The van der Waals surface area contributed by atoms with Crippen LogP contribution in [-0.2, 0) is 38.0 Å². The largest absolute Gasteiger partial charge is 0.490 e. The molecule has 3 aromatic carbocycles. The third-order valence-corrected chi connectivity index (χ3v) is 10.8. The Morgan fingerprint density at radius 1 is 0.591 bits per heavy atom. The van der Waals surface area contributed by atoms with E-state index in [9.17, 15) is 0 Å². The molecule has 3 aromatic rings. The predicted molar refractivity (Wildman–Crippen MR) is 173 cm³/mol. The van der Waals surface area contributed by atoms with Gasteiger partial charge in [0, 0.05) is 15.9 Å². The smallest absolute Gasteiger partial charge is 0.171 e. The van der Waals surface area contributed by atoms with Gasteiger partial charge in [0.1, 0.15) is 55.4 Å². The Morgan fingerprint density at radius 2 is 0.886 bits per heavy atom. The molecular weight excluding hydrogens is 575 g/mol. The number of rotatable bonds is 18. The minimum Gasteiger partial charge on any atom is -0.490 e. The number of allylic oxidation sites excluding steroid dienone is 3. The molecule has 7 nitrogen and oxygen atoms in total. The molecule has 3 heterocycles. The Kier molecular flexibility index (Phi) is 9.39. The van der Waals surface area contributed by atoms with E-state index in [1.807, 2.05) is 72.8 Å². The van der Waals surface area contributed by atoms with E-state index in [0.717, 1.165) is 33.9 Å². The molecule has 0 aromatic heterocycles. The molecule has 8 heteroatoms. The van der Waals surface area contributed by atoms with Crippen LogP contribution in [0.5, 0.6) is 17.2 Å². The summed E-state index contributed by atoms with van der Waals surface area (Å²) in [7, 11) is -3.41. The second-order valence-electron chi connectivity index (χ2n) is 11.3. The van der Waals surface area contributed by atoms with Gasteiger partial charge in [-0.2, -0.15) is 0 Å². The van der Waals surface area contributed by atoms with Crippen LogP contribution in [0.15, 0.2) is 92.6 Å². The minimum atomic E-state index is -3.41. The van der Waals surface area contributed by atoms with Gasteiger partial charge >= 0.3 is 0 Å². The first-order valence-corrected chi connectivity index (χ1v) is 16.8. The predicted octanol–water partition coefficient (Wildman–Crippen LogP) is 4.84. The van der Waals surface area contributed by atoms with E-state index in [0.29, 0.717) is 74.8 Å². The second kappa shape index (κ2) is 13.6. The number of ether oxygens (including phenoxy) is 6. The van der Waals surface area contributed by atoms with Gasteiger partial charge in [-0.15, -0.1) is 19.7 Å². The summed E-state index contributed by atoms with van der Waals surface area (Å²) in [6, 6.07) is 17.5. The lowest BCUT2D eigenvalue weighted by molar-refractivity contribution is 0.261. The van der Waals surface area contributed by atoms with Crippen molar-refractivity contribution in [2.75, 3.05) is 39.6 Å². The van der Waals surface area contributed by atoms with Crippen LogP contribution in [0.4, 0.5) is 0 Å². The monoisotopic (exact) mass is 614 g/mol. The van der Waals surface area contributed by atoms with Gasteiger partial charge in [-0.3, -0.25) is 0 Å². The molecule has 6 rings (SSSR count). The minimum absolute atomic E-state index is 0.128. The van der Waals surface area contributed by atoms with E-state index in [4.69, 9.17) is 28.4 Å². The van der Waals surface area contributed by atoms with E-state index in [2.05, 4.69) is 19.7 Å². The van der Waals surface area contributed by atoms with E-state index in [1.54, 1.807) is 0 Å². The first kappa shape index (κ1) is 30.4. The summed E-state index contributed by atoms with van der Waals surface area (Å²) in [5.74, 6) is 2.23. The topological polar surface area (TPSA) is 82.4 Å². The fourth-order valence-corrected chi connectivity index (χ4v) is 7.90. The molecule has 0 spiro atoms. The molecule has 3 atom stereocenters. The molecule has 3 unspecified atom stereocenters. The molecule has 0 amide bonds. The molecule has 0 radical (unpaired) electrons. The van der Waals surface area contributed by atoms with Crippen molar-refractivity contribution >= 4 is 23.1 Å². The molecule has 3 saturated heterocycles.